The van der Waals surface area contributed by atoms with Gasteiger partial charge in [0.15, 0.2) is 5.82 Å². The van der Waals surface area contributed by atoms with Crippen LogP contribution in [-0.2, 0) is 15.8 Å². The summed E-state index contributed by atoms with van der Waals surface area (Å²) < 4.78 is 67.8. The van der Waals surface area contributed by atoms with E-state index in [0.29, 0.717) is 17.3 Å². The molecule has 0 aromatic heterocycles. The molecule has 0 saturated heterocycles. The number of rotatable bonds is 6. The van der Waals surface area contributed by atoms with E-state index in [1.165, 1.54) is 37.3 Å². The molecule has 3 aromatic carbocycles. The van der Waals surface area contributed by atoms with Crippen LogP contribution in [0, 0.1) is 11.6 Å². The van der Waals surface area contributed by atoms with Crippen LogP contribution in [0.15, 0.2) is 71.7 Å². The number of hydrogen-bond donors (Lipinski definition) is 3. The summed E-state index contributed by atoms with van der Waals surface area (Å²) in [5, 5.41) is 4.72. The molecule has 0 spiro atoms. The normalized spacial score (nSPS) is 12.0. The first-order valence-corrected chi connectivity index (χ1v) is 10.3. The zero-order valence-electron chi connectivity index (χ0n) is 18.7. The van der Waals surface area contributed by atoms with Gasteiger partial charge in [0.1, 0.15) is 17.3 Å². The highest BCUT2D eigenvalue weighted by Crippen LogP contribution is 2.32. The number of nitrogens with one attached hydrogen (secondary N) is 2. The lowest BCUT2D eigenvalue weighted by atomic mass is 10.1. The van der Waals surface area contributed by atoms with E-state index in [1.54, 1.807) is 12.1 Å². The molecule has 0 aliphatic rings. The lowest BCUT2D eigenvalue weighted by Crippen LogP contribution is -2.14. The number of halogens is 5. The van der Waals surface area contributed by atoms with Gasteiger partial charge < -0.3 is 16.4 Å². The van der Waals surface area contributed by atoms with Gasteiger partial charge >= 0.3 is 6.18 Å². The number of hydrogen-bond acceptors (Lipinski definition) is 3. The molecule has 0 radical (unpaired) electrons. The van der Waals surface area contributed by atoms with Crippen molar-refractivity contribution >= 4 is 40.8 Å². The van der Waals surface area contributed by atoms with Crippen LogP contribution in [0.25, 0.3) is 6.08 Å². The Bertz CT molecular complexity index is 1350. The van der Waals surface area contributed by atoms with Crippen LogP contribution in [0.1, 0.15) is 23.6 Å². The molecule has 2 amide bonds. The monoisotopic (exact) mass is 502 g/mol. The molecule has 0 fully saturated rings. The van der Waals surface area contributed by atoms with Crippen molar-refractivity contribution in [2.24, 2.45) is 10.7 Å². The number of alkyl halides is 3. The Morgan fingerprint density at radius 3 is 2.25 bits per heavy atom. The van der Waals surface area contributed by atoms with Crippen LogP contribution in [-0.4, -0.2) is 17.6 Å². The molecule has 0 unspecified atom stereocenters. The van der Waals surface area contributed by atoms with Gasteiger partial charge in [-0.1, -0.05) is 18.2 Å². The number of aliphatic imine (C=N–C) groups is 1. The molecule has 0 saturated carbocycles. The summed E-state index contributed by atoms with van der Waals surface area (Å²) in [6.45, 7) is 1.34. The van der Waals surface area contributed by atoms with Crippen molar-refractivity contribution in [2.45, 2.75) is 13.1 Å². The standard InChI is InChI=1S/C25H19F5N4O2/c1-14(35)32-17-9-6-16(7-10-17)24(31)34-22-13-21(19(26)12-20(22)27)33-23(36)11-8-15-4-2-3-5-18(15)25(28,29)30/h2-13H,1H3,(H2,31,34)(H,32,35)(H,33,36)/b11-8+. The second-order valence-corrected chi connectivity index (χ2v) is 7.45. The van der Waals surface area contributed by atoms with Gasteiger partial charge in [0.25, 0.3) is 0 Å². The van der Waals surface area contributed by atoms with E-state index in [4.69, 9.17) is 5.73 Å². The predicted octanol–water partition coefficient (Wildman–Crippen LogP) is 5.63. The van der Waals surface area contributed by atoms with Crippen molar-refractivity contribution in [1.29, 1.82) is 0 Å². The molecule has 0 bridgehead atoms. The molecule has 3 rings (SSSR count). The molecule has 3 aromatic rings. The molecule has 0 aliphatic heterocycles. The highest BCUT2D eigenvalue weighted by molar-refractivity contribution is 6.03. The van der Waals surface area contributed by atoms with Crippen molar-refractivity contribution in [2.75, 3.05) is 10.6 Å². The van der Waals surface area contributed by atoms with Gasteiger partial charge in [-0.15, -0.1) is 0 Å². The quantitative estimate of drug-likeness (QED) is 0.176. The van der Waals surface area contributed by atoms with E-state index in [-0.39, 0.29) is 23.0 Å². The Morgan fingerprint density at radius 2 is 1.61 bits per heavy atom. The van der Waals surface area contributed by atoms with Crippen molar-refractivity contribution in [3.63, 3.8) is 0 Å². The summed E-state index contributed by atoms with van der Waals surface area (Å²) in [7, 11) is 0. The van der Waals surface area contributed by atoms with Gasteiger partial charge in [-0.25, -0.2) is 13.8 Å². The molecule has 36 heavy (non-hydrogen) atoms. The number of carbonyl (C=O) groups excluding carboxylic acids is 2. The summed E-state index contributed by atoms with van der Waals surface area (Å²) in [4.78, 5) is 27.3. The van der Waals surface area contributed by atoms with Crippen LogP contribution in [0.3, 0.4) is 0 Å². The van der Waals surface area contributed by atoms with Crippen LogP contribution < -0.4 is 16.4 Å². The maximum atomic E-state index is 14.3. The second kappa shape index (κ2) is 10.8. The van der Waals surface area contributed by atoms with Crippen LogP contribution >= 0.6 is 0 Å². The minimum atomic E-state index is -4.63. The summed E-state index contributed by atoms with van der Waals surface area (Å²) in [6.07, 6.45) is -2.90. The number of nitrogens with zero attached hydrogens (tertiary/aromatic N) is 1. The Labute approximate surface area is 202 Å². The topological polar surface area (TPSA) is 96.6 Å². The van der Waals surface area contributed by atoms with Crippen LogP contribution in [0.5, 0.6) is 0 Å². The molecule has 0 atom stereocenters. The van der Waals surface area contributed by atoms with E-state index < -0.39 is 35.0 Å². The molecule has 0 heterocycles. The fourth-order valence-corrected chi connectivity index (χ4v) is 3.08. The molecule has 4 N–H and O–H groups in total. The Morgan fingerprint density at radius 1 is 0.944 bits per heavy atom. The SMILES string of the molecule is CC(=O)Nc1ccc(C(N)=Nc2cc(NC(=O)/C=C/c3ccccc3C(F)(F)F)c(F)cc2F)cc1. The van der Waals surface area contributed by atoms with E-state index in [9.17, 15) is 31.5 Å². The number of carbonyl (C=O) groups is 2. The summed E-state index contributed by atoms with van der Waals surface area (Å²) >= 11 is 0. The first kappa shape index (κ1) is 26.1. The molecule has 0 aliphatic carbocycles. The smallest absolute Gasteiger partial charge is 0.383 e. The summed E-state index contributed by atoms with van der Waals surface area (Å²) in [5.41, 5.74) is 4.74. The van der Waals surface area contributed by atoms with Crippen molar-refractivity contribution in [3.05, 3.63) is 95.1 Å². The van der Waals surface area contributed by atoms with Crippen molar-refractivity contribution in [1.82, 2.24) is 0 Å². The highest BCUT2D eigenvalue weighted by Gasteiger charge is 2.32. The van der Waals surface area contributed by atoms with Gasteiger partial charge in [0.05, 0.1) is 11.3 Å². The molecular formula is C25H19F5N4O2. The lowest BCUT2D eigenvalue weighted by Gasteiger charge is -2.10. The fourth-order valence-electron chi connectivity index (χ4n) is 3.08. The van der Waals surface area contributed by atoms with E-state index in [2.05, 4.69) is 15.6 Å². The fraction of sp³-hybridized carbons (Fsp3) is 0.0800. The minimum absolute atomic E-state index is 0.129. The number of amides is 2. The van der Waals surface area contributed by atoms with Crippen molar-refractivity contribution in [3.8, 4) is 0 Å². The van der Waals surface area contributed by atoms with Crippen LogP contribution in [0.2, 0.25) is 0 Å². The van der Waals surface area contributed by atoms with Gasteiger partial charge in [-0.3, -0.25) is 9.59 Å². The third-order valence-corrected chi connectivity index (χ3v) is 4.72. The van der Waals surface area contributed by atoms with Gasteiger partial charge in [-0.2, -0.15) is 13.2 Å². The van der Waals surface area contributed by atoms with E-state index >= 15 is 0 Å². The number of benzene rings is 3. The molecular weight excluding hydrogens is 483 g/mol. The average Bonchev–Trinajstić information content (AvgIpc) is 2.80. The zero-order chi connectivity index (χ0) is 26.5. The average molecular weight is 502 g/mol. The number of anilines is 2. The Kier molecular flexibility index (Phi) is 7.83. The Hall–Kier alpha value is -4.54. The lowest BCUT2D eigenvalue weighted by molar-refractivity contribution is -0.137. The third kappa shape index (κ3) is 6.75. The van der Waals surface area contributed by atoms with E-state index in [1.807, 2.05) is 0 Å². The first-order valence-electron chi connectivity index (χ1n) is 10.3. The third-order valence-electron chi connectivity index (χ3n) is 4.72. The van der Waals surface area contributed by atoms with E-state index in [0.717, 1.165) is 24.3 Å². The van der Waals surface area contributed by atoms with Gasteiger partial charge in [0.2, 0.25) is 11.8 Å². The van der Waals surface area contributed by atoms with Crippen LogP contribution in [0.4, 0.5) is 39.0 Å². The van der Waals surface area contributed by atoms with Gasteiger partial charge in [0, 0.05) is 30.3 Å². The number of amidine groups is 1. The molecule has 6 nitrogen and oxygen atoms in total. The Balaban J connectivity index is 1.81. The first-order chi connectivity index (χ1) is 16.9. The summed E-state index contributed by atoms with van der Waals surface area (Å²) in [5.74, 6) is -3.53. The summed E-state index contributed by atoms with van der Waals surface area (Å²) in [6, 6.07) is 12.2. The largest absolute Gasteiger partial charge is 0.416 e. The molecule has 186 valence electrons. The minimum Gasteiger partial charge on any atom is -0.383 e. The maximum Gasteiger partial charge on any atom is 0.416 e. The maximum absolute atomic E-state index is 14.3. The number of nitrogens with two attached hydrogens (primary N) is 1. The van der Waals surface area contributed by atoms with Gasteiger partial charge in [-0.05, 0) is 48.0 Å². The van der Waals surface area contributed by atoms with Crippen molar-refractivity contribution < 1.29 is 31.5 Å². The predicted molar refractivity (Wildman–Crippen MR) is 127 cm³/mol. The highest BCUT2D eigenvalue weighted by atomic mass is 19.4. The molecule has 11 heteroatoms. The second-order valence-electron chi connectivity index (χ2n) is 7.45. The zero-order valence-corrected chi connectivity index (χ0v) is 18.7.